The maximum atomic E-state index is 13.1. The van der Waals surface area contributed by atoms with E-state index >= 15 is 0 Å². The molecule has 0 fully saturated rings. The Morgan fingerprint density at radius 2 is 1.57 bits per heavy atom. The van der Waals surface area contributed by atoms with Crippen molar-refractivity contribution in [3.05, 3.63) is 100 Å². The van der Waals surface area contributed by atoms with E-state index < -0.39 is 5.97 Å². The standard InChI is InChI=1S/C31H33N3O4.C2H6/c1-20-15-23(31(37)38-5)12-14-27(20)29(21(2)35)30(22-9-7-6-8-10-22)32-26-13-11-24-17-34(18-25(24)16-26)28(36)19-33(3)4;1-2/h6-16,32H,17-19H2,1-5H3;1-2H3/b30-29+;. The van der Waals surface area contributed by atoms with Gasteiger partial charge in [-0.05, 0) is 80.0 Å². The lowest BCUT2D eigenvalue weighted by Crippen LogP contribution is -2.34. The lowest BCUT2D eigenvalue weighted by Gasteiger charge is -2.19. The van der Waals surface area contributed by atoms with Gasteiger partial charge in [-0.15, -0.1) is 0 Å². The number of ether oxygens (including phenoxy) is 1. The molecule has 0 bridgehead atoms. The van der Waals surface area contributed by atoms with Crippen LogP contribution in [0.2, 0.25) is 0 Å². The van der Waals surface area contributed by atoms with Crippen molar-refractivity contribution in [2.24, 2.45) is 0 Å². The molecule has 1 N–H and O–H groups in total. The van der Waals surface area contributed by atoms with Crippen molar-refractivity contribution < 1.29 is 19.1 Å². The molecule has 40 heavy (non-hydrogen) atoms. The number of methoxy groups -OCH3 is 1. The van der Waals surface area contributed by atoms with Crippen LogP contribution in [0.4, 0.5) is 5.69 Å². The summed E-state index contributed by atoms with van der Waals surface area (Å²) in [4.78, 5) is 41.5. The second-order valence-corrected chi connectivity index (χ2v) is 9.79. The molecule has 0 aromatic heterocycles. The van der Waals surface area contributed by atoms with Crippen molar-refractivity contribution in [2.45, 2.75) is 40.8 Å². The molecule has 0 atom stereocenters. The van der Waals surface area contributed by atoms with E-state index in [9.17, 15) is 14.4 Å². The zero-order chi connectivity index (χ0) is 29.4. The van der Waals surface area contributed by atoms with Gasteiger partial charge in [-0.3, -0.25) is 9.59 Å². The van der Waals surface area contributed by atoms with E-state index in [4.69, 9.17) is 4.74 Å². The zero-order valence-electron chi connectivity index (χ0n) is 24.5. The van der Waals surface area contributed by atoms with Gasteiger partial charge < -0.3 is 19.9 Å². The second-order valence-electron chi connectivity index (χ2n) is 9.79. The highest BCUT2D eigenvalue weighted by Gasteiger charge is 2.25. The Morgan fingerprint density at radius 1 is 0.900 bits per heavy atom. The van der Waals surface area contributed by atoms with Crippen molar-refractivity contribution in [2.75, 3.05) is 33.1 Å². The van der Waals surface area contributed by atoms with Crippen LogP contribution < -0.4 is 5.32 Å². The number of hydrogen-bond acceptors (Lipinski definition) is 6. The minimum atomic E-state index is -0.425. The minimum absolute atomic E-state index is 0.0929. The molecule has 0 unspecified atom stereocenters. The van der Waals surface area contributed by atoms with Gasteiger partial charge in [-0.2, -0.15) is 0 Å². The molecule has 4 rings (SSSR count). The molecule has 1 aliphatic heterocycles. The number of anilines is 1. The van der Waals surface area contributed by atoms with Gasteiger partial charge >= 0.3 is 5.97 Å². The highest BCUT2D eigenvalue weighted by atomic mass is 16.5. The van der Waals surface area contributed by atoms with Gasteiger partial charge in [0, 0.05) is 24.4 Å². The second kappa shape index (κ2) is 13.7. The fraction of sp³-hybridized carbons (Fsp3) is 0.303. The third-order valence-corrected chi connectivity index (χ3v) is 6.58. The number of fused-ring (bicyclic) bond motifs is 1. The van der Waals surface area contributed by atoms with Crippen LogP contribution in [-0.2, 0) is 27.4 Å². The minimum Gasteiger partial charge on any atom is -0.465 e. The van der Waals surface area contributed by atoms with Gasteiger partial charge in [-0.1, -0.05) is 56.3 Å². The lowest BCUT2D eigenvalue weighted by atomic mass is 9.92. The van der Waals surface area contributed by atoms with Gasteiger partial charge in [-0.25, -0.2) is 4.79 Å². The van der Waals surface area contributed by atoms with Gasteiger partial charge in [0.05, 0.1) is 24.9 Å². The van der Waals surface area contributed by atoms with Crippen LogP contribution in [0.5, 0.6) is 0 Å². The fourth-order valence-corrected chi connectivity index (χ4v) is 4.74. The summed E-state index contributed by atoms with van der Waals surface area (Å²) in [5.41, 5.74) is 7.03. The summed E-state index contributed by atoms with van der Waals surface area (Å²) >= 11 is 0. The molecule has 210 valence electrons. The summed E-state index contributed by atoms with van der Waals surface area (Å²) in [7, 11) is 5.12. The largest absolute Gasteiger partial charge is 0.465 e. The Hall–Kier alpha value is -4.23. The molecule has 0 saturated carbocycles. The molecule has 0 saturated heterocycles. The first-order chi connectivity index (χ1) is 19.2. The Labute approximate surface area is 237 Å². The van der Waals surface area contributed by atoms with E-state index in [1.165, 1.54) is 7.11 Å². The Morgan fingerprint density at radius 3 is 2.17 bits per heavy atom. The number of amides is 1. The van der Waals surface area contributed by atoms with Crippen molar-refractivity contribution in [3.63, 3.8) is 0 Å². The van der Waals surface area contributed by atoms with Crippen LogP contribution >= 0.6 is 0 Å². The summed E-state index contributed by atoms with van der Waals surface area (Å²) in [5.74, 6) is -0.437. The molecule has 0 aliphatic carbocycles. The predicted molar refractivity (Wildman–Crippen MR) is 161 cm³/mol. The van der Waals surface area contributed by atoms with E-state index in [1.54, 1.807) is 25.1 Å². The van der Waals surface area contributed by atoms with Crippen LogP contribution in [0.25, 0.3) is 11.3 Å². The Balaban J connectivity index is 0.00000216. The molecule has 0 spiro atoms. The van der Waals surface area contributed by atoms with E-state index in [0.717, 1.165) is 33.5 Å². The third-order valence-electron chi connectivity index (χ3n) is 6.58. The maximum absolute atomic E-state index is 13.1. The van der Waals surface area contributed by atoms with E-state index in [0.29, 0.717) is 36.5 Å². The summed E-state index contributed by atoms with van der Waals surface area (Å²) in [6.45, 7) is 8.94. The number of benzene rings is 3. The molecule has 1 aliphatic rings. The summed E-state index contributed by atoms with van der Waals surface area (Å²) in [6.07, 6.45) is 0. The van der Waals surface area contributed by atoms with Crippen LogP contribution in [-0.4, -0.2) is 55.2 Å². The topological polar surface area (TPSA) is 79.0 Å². The average molecular weight is 542 g/mol. The number of aryl methyl sites for hydroxylation is 1. The van der Waals surface area contributed by atoms with Gasteiger partial charge in [0.1, 0.15) is 0 Å². The number of carbonyl (C=O) groups is 3. The molecule has 3 aromatic carbocycles. The summed E-state index contributed by atoms with van der Waals surface area (Å²) in [6, 6.07) is 21.0. The van der Waals surface area contributed by atoms with Crippen molar-refractivity contribution in [1.29, 1.82) is 0 Å². The number of nitrogens with zero attached hydrogens (tertiary/aromatic N) is 2. The molecular formula is C33H39N3O4. The normalized spacial score (nSPS) is 12.7. The summed E-state index contributed by atoms with van der Waals surface area (Å²) in [5, 5.41) is 3.51. The van der Waals surface area contributed by atoms with Crippen molar-refractivity contribution in [3.8, 4) is 0 Å². The monoisotopic (exact) mass is 541 g/mol. The number of allylic oxidation sites excluding steroid dienone is 1. The molecule has 3 aromatic rings. The van der Waals surface area contributed by atoms with Crippen LogP contribution in [0, 0.1) is 6.92 Å². The molecule has 7 heteroatoms. The maximum Gasteiger partial charge on any atom is 0.337 e. The number of nitrogens with one attached hydrogen (secondary N) is 1. The highest BCUT2D eigenvalue weighted by molar-refractivity contribution is 6.28. The molecular weight excluding hydrogens is 502 g/mol. The first kappa shape index (κ1) is 30.3. The quantitative estimate of drug-likeness (QED) is 0.221. The first-order valence-electron chi connectivity index (χ1n) is 13.5. The van der Waals surface area contributed by atoms with Crippen LogP contribution in [0.1, 0.15) is 58.9 Å². The number of ketones is 1. The van der Waals surface area contributed by atoms with E-state index in [2.05, 4.69) is 5.32 Å². The third kappa shape index (κ3) is 7.04. The highest BCUT2D eigenvalue weighted by Crippen LogP contribution is 2.33. The smallest absolute Gasteiger partial charge is 0.337 e. The Bertz CT molecular complexity index is 1410. The molecule has 0 radical (unpaired) electrons. The van der Waals surface area contributed by atoms with Crippen molar-refractivity contribution in [1.82, 2.24) is 9.80 Å². The van der Waals surface area contributed by atoms with Gasteiger partial charge in [0.2, 0.25) is 5.91 Å². The number of Topliss-reactive ketones (excluding diaryl/α,β-unsaturated/α-hetero) is 1. The van der Waals surface area contributed by atoms with E-state index in [1.807, 2.05) is 93.2 Å². The molecule has 7 nitrogen and oxygen atoms in total. The SMILES string of the molecule is CC.COC(=O)c1ccc(/C(C(C)=O)=C(/Nc2ccc3c(c2)CN(C(=O)CN(C)C)C3)c2ccccc2)c(C)c1. The fourth-order valence-electron chi connectivity index (χ4n) is 4.74. The first-order valence-corrected chi connectivity index (χ1v) is 13.5. The van der Waals surface area contributed by atoms with Crippen LogP contribution in [0.3, 0.4) is 0 Å². The lowest BCUT2D eigenvalue weighted by molar-refractivity contribution is -0.132. The number of likely N-dealkylation sites (N-methyl/N-ethyl adjacent to an activating group) is 1. The molecule has 1 amide bonds. The predicted octanol–water partition coefficient (Wildman–Crippen LogP) is 5.78. The van der Waals surface area contributed by atoms with Gasteiger partial charge in [0.25, 0.3) is 0 Å². The summed E-state index contributed by atoms with van der Waals surface area (Å²) < 4.78 is 4.86. The van der Waals surface area contributed by atoms with Crippen molar-refractivity contribution >= 4 is 34.6 Å². The number of rotatable bonds is 8. The Kier molecular flexibility index (Phi) is 10.4. The zero-order valence-corrected chi connectivity index (χ0v) is 24.5. The average Bonchev–Trinajstić information content (AvgIpc) is 3.38. The van der Waals surface area contributed by atoms with E-state index in [-0.39, 0.29) is 11.7 Å². The number of carbonyl (C=O) groups excluding carboxylic acids is 3. The molecule has 1 heterocycles. The number of esters is 1. The number of hydrogen-bond donors (Lipinski definition) is 1. The van der Waals surface area contributed by atoms with Crippen LogP contribution in [0.15, 0.2) is 66.7 Å². The van der Waals surface area contributed by atoms with Gasteiger partial charge in [0.15, 0.2) is 5.78 Å².